The van der Waals surface area contributed by atoms with Gasteiger partial charge in [-0.15, -0.1) is 0 Å². The van der Waals surface area contributed by atoms with E-state index in [9.17, 15) is 10.1 Å². The van der Waals surface area contributed by atoms with E-state index in [1.54, 1.807) is 18.2 Å². The van der Waals surface area contributed by atoms with Gasteiger partial charge in [0, 0.05) is 22.0 Å². The molecule has 0 bridgehead atoms. The Kier molecular flexibility index (Phi) is 6.69. The number of fused-ring (bicyclic) bond motifs is 1. The average molecular weight is 470 g/mol. The SMILES string of the molecule is N#CC(=Cc1ccc(Cl)cc1Cl)C(=O)Nc1nc2c(s1)C[NH+](Cc1ccccc1)CC2. The van der Waals surface area contributed by atoms with E-state index in [1.807, 2.05) is 12.1 Å². The number of hydrogen-bond acceptors (Lipinski definition) is 4. The zero-order valence-corrected chi connectivity index (χ0v) is 18.8. The van der Waals surface area contributed by atoms with Crippen LogP contribution in [0.15, 0.2) is 54.1 Å². The second-order valence-corrected chi connectivity index (χ2v) is 9.20. The van der Waals surface area contributed by atoms with E-state index >= 15 is 0 Å². The summed E-state index contributed by atoms with van der Waals surface area (Å²) < 4.78 is 0. The largest absolute Gasteiger partial charge is 0.326 e. The summed E-state index contributed by atoms with van der Waals surface area (Å²) in [6, 6.07) is 17.3. The number of rotatable bonds is 5. The molecule has 2 heterocycles. The Morgan fingerprint density at radius 3 is 2.81 bits per heavy atom. The van der Waals surface area contributed by atoms with E-state index in [-0.39, 0.29) is 5.57 Å². The Morgan fingerprint density at radius 2 is 2.06 bits per heavy atom. The monoisotopic (exact) mass is 469 g/mol. The van der Waals surface area contributed by atoms with Gasteiger partial charge in [-0.05, 0) is 23.8 Å². The molecule has 31 heavy (non-hydrogen) atoms. The van der Waals surface area contributed by atoms with E-state index in [0.29, 0.717) is 20.7 Å². The summed E-state index contributed by atoms with van der Waals surface area (Å²) in [6.45, 7) is 2.83. The first-order chi connectivity index (χ1) is 15.0. The van der Waals surface area contributed by atoms with Crippen molar-refractivity contribution in [3.05, 3.63) is 85.8 Å². The average Bonchev–Trinajstić information content (AvgIpc) is 3.15. The van der Waals surface area contributed by atoms with Gasteiger partial charge >= 0.3 is 0 Å². The lowest BCUT2D eigenvalue weighted by Crippen LogP contribution is -3.10. The summed E-state index contributed by atoms with van der Waals surface area (Å²) in [6.07, 6.45) is 2.32. The first kappa shape index (κ1) is 21.5. The zero-order chi connectivity index (χ0) is 21.8. The molecule has 1 atom stereocenters. The van der Waals surface area contributed by atoms with Gasteiger partial charge in [0.15, 0.2) is 5.13 Å². The van der Waals surface area contributed by atoms with Crippen LogP contribution < -0.4 is 10.2 Å². The van der Waals surface area contributed by atoms with E-state index in [1.165, 1.54) is 32.8 Å². The lowest BCUT2D eigenvalue weighted by Gasteiger charge is -2.22. The van der Waals surface area contributed by atoms with Crippen molar-refractivity contribution in [2.24, 2.45) is 0 Å². The first-order valence-electron chi connectivity index (χ1n) is 9.76. The predicted molar refractivity (Wildman–Crippen MR) is 124 cm³/mol. The molecule has 1 aliphatic rings. The van der Waals surface area contributed by atoms with E-state index < -0.39 is 5.91 Å². The van der Waals surface area contributed by atoms with Crippen LogP contribution in [0.2, 0.25) is 10.0 Å². The number of amides is 1. The minimum atomic E-state index is -0.506. The Bertz CT molecular complexity index is 1180. The van der Waals surface area contributed by atoms with Gasteiger partial charge < -0.3 is 4.90 Å². The molecule has 3 aromatic rings. The normalized spacial score (nSPS) is 15.8. The molecule has 2 aromatic carbocycles. The number of thiazole rings is 1. The Hall–Kier alpha value is -2.69. The molecule has 0 saturated carbocycles. The van der Waals surface area contributed by atoms with Gasteiger partial charge in [-0.2, -0.15) is 5.26 Å². The molecule has 0 spiro atoms. The first-order valence-corrected chi connectivity index (χ1v) is 11.3. The number of aromatic nitrogens is 1. The van der Waals surface area contributed by atoms with E-state index in [4.69, 9.17) is 23.2 Å². The molecule has 5 nitrogen and oxygen atoms in total. The highest BCUT2D eigenvalue weighted by atomic mass is 35.5. The third-order valence-corrected chi connectivity index (χ3v) is 6.62. The summed E-state index contributed by atoms with van der Waals surface area (Å²) in [5, 5.41) is 13.6. The fraction of sp³-hybridized carbons (Fsp3) is 0.174. The number of halogens is 2. The molecule has 1 unspecified atom stereocenters. The fourth-order valence-corrected chi connectivity index (χ4v) is 5.04. The van der Waals surface area contributed by atoms with Crippen molar-refractivity contribution >= 4 is 51.7 Å². The van der Waals surface area contributed by atoms with Gasteiger partial charge in [0.05, 0.1) is 17.1 Å². The number of nitrogens with zero attached hydrogens (tertiary/aromatic N) is 2. The van der Waals surface area contributed by atoms with Gasteiger partial charge in [-0.25, -0.2) is 4.98 Å². The number of carbonyl (C=O) groups is 1. The molecule has 0 saturated heterocycles. The molecule has 2 N–H and O–H groups in total. The van der Waals surface area contributed by atoms with Crippen LogP contribution in [-0.4, -0.2) is 17.4 Å². The quantitative estimate of drug-likeness (QED) is 0.435. The van der Waals surface area contributed by atoms with Crippen molar-refractivity contribution in [3.8, 4) is 6.07 Å². The molecule has 0 aliphatic carbocycles. The Balaban J connectivity index is 1.45. The van der Waals surface area contributed by atoms with Crippen LogP contribution in [0.1, 0.15) is 21.7 Å². The maximum atomic E-state index is 12.6. The van der Waals surface area contributed by atoms with Crippen LogP contribution in [0.4, 0.5) is 5.13 Å². The Morgan fingerprint density at radius 1 is 1.26 bits per heavy atom. The third-order valence-electron chi connectivity index (χ3n) is 5.05. The highest BCUT2D eigenvalue weighted by Crippen LogP contribution is 2.26. The number of hydrogen-bond donors (Lipinski definition) is 2. The lowest BCUT2D eigenvalue weighted by molar-refractivity contribution is -0.929. The van der Waals surface area contributed by atoms with Gasteiger partial charge in [0.25, 0.3) is 5.91 Å². The van der Waals surface area contributed by atoms with Crippen molar-refractivity contribution < 1.29 is 9.69 Å². The molecule has 1 aromatic heterocycles. The number of benzene rings is 2. The zero-order valence-electron chi connectivity index (χ0n) is 16.5. The molecule has 156 valence electrons. The maximum absolute atomic E-state index is 12.6. The van der Waals surface area contributed by atoms with Crippen molar-refractivity contribution in [3.63, 3.8) is 0 Å². The number of carbonyl (C=O) groups excluding carboxylic acids is 1. The van der Waals surface area contributed by atoms with E-state index in [2.05, 4.69) is 34.6 Å². The van der Waals surface area contributed by atoms with Gasteiger partial charge in [0.1, 0.15) is 24.7 Å². The molecule has 1 amide bonds. The number of anilines is 1. The highest BCUT2D eigenvalue weighted by molar-refractivity contribution is 7.15. The molecule has 0 fully saturated rings. The predicted octanol–water partition coefficient (Wildman–Crippen LogP) is 4.14. The van der Waals surface area contributed by atoms with Crippen molar-refractivity contribution in [2.75, 3.05) is 11.9 Å². The van der Waals surface area contributed by atoms with Crippen LogP contribution in [0.25, 0.3) is 6.08 Å². The molecule has 8 heteroatoms. The van der Waals surface area contributed by atoms with Crippen molar-refractivity contribution in [1.29, 1.82) is 5.26 Å². The molecular formula is C23H19Cl2N4OS+. The summed E-state index contributed by atoms with van der Waals surface area (Å²) in [5.41, 5.74) is 2.84. The van der Waals surface area contributed by atoms with E-state index in [0.717, 1.165) is 31.7 Å². The Labute approximate surface area is 194 Å². The third kappa shape index (κ3) is 5.33. The molecule has 0 radical (unpaired) electrons. The van der Waals surface area contributed by atoms with Gasteiger partial charge in [-0.3, -0.25) is 10.1 Å². The standard InChI is InChI=1S/C23H18Cl2N4OS/c24-18-7-6-16(19(25)11-18)10-17(12-26)22(30)28-23-27-20-8-9-29(14-21(20)31-23)13-15-4-2-1-3-5-15/h1-7,10-11H,8-9,13-14H2,(H,27,28,30)/p+1. The smallest absolute Gasteiger partial charge is 0.268 e. The van der Waals surface area contributed by atoms with Crippen LogP contribution in [0, 0.1) is 11.3 Å². The van der Waals surface area contributed by atoms with Crippen LogP contribution in [0.3, 0.4) is 0 Å². The summed E-state index contributed by atoms with van der Waals surface area (Å²) in [7, 11) is 0. The van der Waals surface area contributed by atoms with Crippen molar-refractivity contribution in [2.45, 2.75) is 19.5 Å². The van der Waals surface area contributed by atoms with Crippen LogP contribution >= 0.6 is 34.5 Å². The number of quaternary nitrogens is 1. The van der Waals surface area contributed by atoms with Crippen LogP contribution in [-0.2, 0) is 24.3 Å². The maximum Gasteiger partial charge on any atom is 0.268 e. The molecule has 1 aliphatic heterocycles. The molecular weight excluding hydrogens is 451 g/mol. The van der Waals surface area contributed by atoms with Gasteiger partial charge in [0.2, 0.25) is 0 Å². The second kappa shape index (κ2) is 9.63. The highest BCUT2D eigenvalue weighted by Gasteiger charge is 2.24. The minimum absolute atomic E-state index is 0.0475. The fourth-order valence-electron chi connectivity index (χ4n) is 3.50. The number of nitriles is 1. The lowest BCUT2D eigenvalue weighted by atomic mass is 10.1. The van der Waals surface area contributed by atoms with Crippen LogP contribution in [0.5, 0.6) is 0 Å². The summed E-state index contributed by atoms with van der Waals surface area (Å²) >= 11 is 13.5. The van der Waals surface area contributed by atoms with Gasteiger partial charge in [-0.1, -0.05) is 70.9 Å². The minimum Gasteiger partial charge on any atom is -0.326 e. The molecule has 4 rings (SSSR count). The number of nitrogens with one attached hydrogen (secondary N) is 2. The van der Waals surface area contributed by atoms with Crippen molar-refractivity contribution in [1.82, 2.24) is 4.98 Å². The summed E-state index contributed by atoms with van der Waals surface area (Å²) in [4.78, 5) is 19.9. The topological polar surface area (TPSA) is 70.2 Å². The second-order valence-electron chi connectivity index (χ2n) is 7.27. The summed E-state index contributed by atoms with van der Waals surface area (Å²) in [5.74, 6) is -0.506.